The monoisotopic (exact) mass is 418 g/mol. The van der Waals surface area contributed by atoms with Crippen LogP contribution in [0.25, 0.3) is 22.4 Å². The van der Waals surface area contributed by atoms with Crippen LogP contribution in [0.15, 0.2) is 24.7 Å². The molecule has 9 heteroatoms. The molecule has 3 aromatic rings. The van der Waals surface area contributed by atoms with Gasteiger partial charge in [0.2, 0.25) is 0 Å². The molecule has 4 rings (SSSR count). The second-order valence-electron chi connectivity index (χ2n) is 7.45. The zero-order valence-electron chi connectivity index (χ0n) is 16.2. The molecule has 0 amide bonds. The lowest BCUT2D eigenvalue weighted by Gasteiger charge is -2.34. The number of H-pyrrole nitrogens is 1. The van der Waals surface area contributed by atoms with Crippen molar-refractivity contribution in [3.05, 3.63) is 35.5 Å². The number of likely N-dealkylation sites (tertiary alicyclic amines) is 1. The molecule has 1 unspecified atom stereocenters. The number of rotatable bonds is 6. The summed E-state index contributed by atoms with van der Waals surface area (Å²) < 4.78 is 14.4. The maximum absolute atomic E-state index is 14.4. The van der Waals surface area contributed by atoms with E-state index in [2.05, 4.69) is 30.2 Å². The lowest BCUT2D eigenvalue weighted by Crippen LogP contribution is -2.45. The molecule has 3 N–H and O–H groups in total. The molecule has 0 aromatic carbocycles. The van der Waals surface area contributed by atoms with Gasteiger partial charge in [0, 0.05) is 42.5 Å². The summed E-state index contributed by atoms with van der Waals surface area (Å²) in [6.45, 7) is 4.28. The van der Waals surface area contributed by atoms with E-state index in [4.69, 9.17) is 11.6 Å². The van der Waals surface area contributed by atoms with Gasteiger partial charge in [0.1, 0.15) is 5.65 Å². The summed E-state index contributed by atoms with van der Waals surface area (Å²) in [5.41, 5.74) is 1.39. The Morgan fingerprint density at radius 2 is 2.28 bits per heavy atom. The van der Waals surface area contributed by atoms with E-state index >= 15 is 0 Å². The van der Waals surface area contributed by atoms with Crippen LogP contribution >= 0.6 is 11.6 Å². The average Bonchev–Trinajstić information content (AvgIpc) is 3.13. The summed E-state index contributed by atoms with van der Waals surface area (Å²) in [6, 6.07) is 1.84. The van der Waals surface area contributed by atoms with Crippen LogP contribution in [0.2, 0.25) is 5.02 Å². The molecular weight excluding hydrogens is 395 g/mol. The fourth-order valence-electron chi connectivity index (χ4n) is 3.72. The first-order valence-electron chi connectivity index (χ1n) is 9.86. The van der Waals surface area contributed by atoms with Crippen molar-refractivity contribution in [2.24, 2.45) is 0 Å². The highest BCUT2D eigenvalue weighted by atomic mass is 35.5. The molecule has 4 heterocycles. The molecule has 2 atom stereocenters. The lowest BCUT2D eigenvalue weighted by atomic mass is 10.0. The molecule has 7 nitrogen and oxygen atoms in total. The Hall–Kier alpha value is -2.29. The fraction of sp³-hybridized carbons (Fsp3) is 0.450. The third kappa shape index (κ3) is 4.49. The quantitative estimate of drug-likeness (QED) is 0.568. The number of aromatic amines is 1. The molecule has 29 heavy (non-hydrogen) atoms. The highest BCUT2D eigenvalue weighted by Crippen LogP contribution is 2.28. The standard InChI is InChI=1S/C20H24ClFN6O/c1-2-14(29)11-28-5-3-4-13(10-28)26-20-17(22)9-25-19(27-20)16-8-24-18-15(16)6-12(21)7-23-18/h6-9,13-14,29H,2-5,10-11H2,1H3,(H,23,24)(H,25,26,27)/t13-,14?/m0/s1. The molecule has 0 saturated carbocycles. The number of halogens is 2. The highest BCUT2D eigenvalue weighted by Gasteiger charge is 2.23. The Bertz CT molecular complexity index is 996. The van der Waals surface area contributed by atoms with E-state index in [1.807, 2.05) is 6.92 Å². The van der Waals surface area contributed by atoms with Crippen LogP contribution in [0.3, 0.4) is 0 Å². The molecule has 1 fully saturated rings. The van der Waals surface area contributed by atoms with E-state index in [0.717, 1.165) is 43.3 Å². The van der Waals surface area contributed by atoms with Crippen molar-refractivity contribution >= 4 is 28.5 Å². The Labute approximate surface area is 173 Å². The first-order chi connectivity index (χ1) is 14.0. The summed E-state index contributed by atoms with van der Waals surface area (Å²) in [7, 11) is 0. The summed E-state index contributed by atoms with van der Waals surface area (Å²) in [6.07, 6.45) is 6.79. The zero-order valence-corrected chi connectivity index (χ0v) is 17.0. The van der Waals surface area contributed by atoms with Gasteiger partial charge in [-0.05, 0) is 31.9 Å². The van der Waals surface area contributed by atoms with Crippen molar-refractivity contribution in [1.29, 1.82) is 0 Å². The number of piperidine rings is 1. The van der Waals surface area contributed by atoms with Gasteiger partial charge in [-0.2, -0.15) is 0 Å². The summed E-state index contributed by atoms with van der Waals surface area (Å²) in [5.74, 6) is 0.0935. The smallest absolute Gasteiger partial charge is 0.183 e. The first-order valence-corrected chi connectivity index (χ1v) is 10.2. The number of anilines is 1. The van der Waals surface area contributed by atoms with E-state index in [9.17, 15) is 9.50 Å². The van der Waals surface area contributed by atoms with Crippen molar-refractivity contribution in [2.45, 2.75) is 38.3 Å². The number of nitrogens with zero attached hydrogens (tertiary/aromatic N) is 4. The number of nitrogens with one attached hydrogen (secondary N) is 2. The van der Waals surface area contributed by atoms with Crippen molar-refractivity contribution < 1.29 is 9.50 Å². The number of pyridine rings is 1. The van der Waals surface area contributed by atoms with Crippen LogP contribution in [0.5, 0.6) is 0 Å². The SMILES string of the molecule is CCC(O)CN1CCC[C@H](Nc2nc(-c3c[nH]c4ncc(Cl)cc34)ncc2F)C1. The normalized spacial score (nSPS) is 18.8. The molecule has 154 valence electrons. The van der Waals surface area contributed by atoms with Crippen molar-refractivity contribution in [3.63, 3.8) is 0 Å². The van der Waals surface area contributed by atoms with E-state index < -0.39 is 5.82 Å². The largest absolute Gasteiger partial charge is 0.392 e. The Balaban J connectivity index is 1.55. The molecule has 0 radical (unpaired) electrons. The predicted octanol–water partition coefficient (Wildman–Crippen LogP) is 3.46. The van der Waals surface area contributed by atoms with Crippen molar-refractivity contribution in [3.8, 4) is 11.4 Å². The van der Waals surface area contributed by atoms with E-state index in [1.54, 1.807) is 18.5 Å². The first kappa shape index (κ1) is 20.0. The summed E-state index contributed by atoms with van der Waals surface area (Å²) in [4.78, 5) is 18.1. The van der Waals surface area contributed by atoms with Crippen molar-refractivity contribution in [1.82, 2.24) is 24.8 Å². The predicted molar refractivity (Wildman–Crippen MR) is 111 cm³/mol. The molecule has 1 aliphatic heterocycles. The van der Waals surface area contributed by atoms with Gasteiger partial charge >= 0.3 is 0 Å². The van der Waals surface area contributed by atoms with Crippen molar-refractivity contribution in [2.75, 3.05) is 25.0 Å². The average molecular weight is 419 g/mol. The van der Waals surface area contributed by atoms with Gasteiger partial charge in [-0.3, -0.25) is 4.90 Å². The molecule has 1 aliphatic rings. The van der Waals surface area contributed by atoms with Crippen LogP contribution in [-0.2, 0) is 0 Å². The number of aromatic nitrogens is 4. The van der Waals surface area contributed by atoms with Gasteiger partial charge in [-0.15, -0.1) is 0 Å². The Kier molecular flexibility index (Phi) is 5.94. The summed E-state index contributed by atoms with van der Waals surface area (Å²) >= 11 is 6.07. The number of fused-ring (bicyclic) bond motifs is 1. The maximum Gasteiger partial charge on any atom is 0.183 e. The minimum absolute atomic E-state index is 0.0594. The van der Waals surface area contributed by atoms with Gasteiger partial charge in [0.05, 0.1) is 17.3 Å². The van der Waals surface area contributed by atoms with Gasteiger partial charge in [-0.1, -0.05) is 18.5 Å². The van der Waals surface area contributed by atoms with Gasteiger partial charge in [0.15, 0.2) is 17.5 Å². The number of aliphatic hydroxyl groups excluding tert-OH is 1. The molecule has 1 saturated heterocycles. The lowest BCUT2D eigenvalue weighted by molar-refractivity contribution is 0.0952. The molecule has 0 spiro atoms. The Morgan fingerprint density at radius 1 is 1.41 bits per heavy atom. The minimum Gasteiger partial charge on any atom is -0.392 e. The Morgan fingerprint density at radius 3 is 3.10 bits per heavy atom. The second-order valence-corrected chi connectivity index (χ2v) is 7.88. The fourth-order valence-corrected chi connectivity index (χ4v) is 3.88. The molecule has 3 aromatic heterocycles. The number of hydrogen-bond acceptors (Lipinski definition) is 6. The van der Waals surface area contributed by atoms with Gasteiger partial charge in [0.25, 0.3) is 0 Å². The van der Waals surface area contributed by atoms with Gasteiger partial charge < -0.3 is 15.4 Å². The molecular formula is C20H24ClFN6O. The third-order valence-electron chi connectivity index (χ3n) is 5.27. The van der Waals surface area contributed by atoms with Crippen LogP contribution in [-0.4, -0.2) is 61.7 Å². The number of β-amino-alcohol motifs (C(OH)–C–C–N with tert-alkyl or cyclic N) is 1. The van der Waals surface area contributed by atoms with Gasteiger partial charge in [-0.25, -0.2) is 19.3 Å². The van der Waals surface area contributed by atoms with Crippen LogP contribution in [0.4, 0.5) is 10.2 Å². The highest BCUT2D eigenvalue weighted by molar-refractivity contribution is 6.31. The summed E-state index contributed by atoms with van der Waals surface area (Å²) in [5, 5.41) is 14.4. The topological polar surface area (TPSA) is 90.0 Å². The third-order valence-corrected chi connectivity index (χ3v) is 5.48. The van der Waals surface area contributed by atoms with E-state index in [0.29, 0.717) is 23.0 Å². The number of hydrogen-bond donors (Lipinski definition) is 3. The van der Waals surface area contributed by atoms with Crippen LogP contribution in [0.1, 0.15) is 26.2 Å². The van der Waals surface area contributed by atoms with E-state index in [-0.39, 0.29) is 18.0 Å². The van der Waals surface area contributed by atoms with Crippen LogP contribution < -0.4 is 5.32 Å². The number of aliphatic hydroxyl groups is 1. The second kappa shape index (κ2) is 8.61. The zero-order chi connectivity index (χ0) is 20.4. The van der Waals surface area contributed by atoms with E-state index in [1.165, 1.54) is 6.20 Å². The van der Waals surface area contributed by atoms with Crippen LogP contribution in [0, 0.1) is 5.82 Å². The molecule has 0 aliphatic carbocycles. The maximum atomic E-state index is 14.4. The molecule has 0 bridgehead atoms. The minimum atomic E-state index is -0.490.